The van der Waals surface area contributed by atoms with Gasteiger partial charge in [0.15, 0.2) is 0 Å². The molecule has 1 saturated heterocycles. The largest absolute Gasteiger partial charge is 0.465 e. The van der Waals surface area contributed by atoms with Gasteiger partial charge in [0.25, 0.3) is 17.4 Å². The number of carbonyl (C=O) groups excluding carboxylic acids is 2. The first-order chi connectivity index (χ1) is 14.3. The van der Waals surface area contributed by atoms with Gasteiger partial charge in [0.1, 0.15) is 5.75 Å². The number of ether oxygens (including phenoxy) is 1. The first-order valence-corrected chi connectivity index (χ1v) is 10.4. The van der Waals surface area contributed by atoms with E-state index in [0.717, 1.165) is 25.2 Å². The van der Waals surface area contributed by atoms with Gasteiger partial charge in [-0.3, -0.25) is 14.5 Å². The van der Waals surface area contributed by atoms with E-state index < -0.39 is 5.60 Å². The van der Waals surface area contributed by atoms with E-state index in [4.69, 9.17) is 4.74 Å². The summed E-state index contributed by atoms with van der Waals surface area (Å²) < 4.78 is 6.01. The van der Waals surface area contributed by atoms with Crippen LogP contribution in [-0.4, -0.2) is 60.4 Å². The first kappa shape index (κ1) is 20.4. The highest BCUT2D eigenvalue weighted by Gasteiger charge is 2.51. The van der Waals surface area contributed by atoms with Gasteiger partial charge in [-0.2, -0.15) is 0 Å². The van der Waals surface area contributed by atoms with Crippen LogP contribution in [0.25, 0.3) is 0 Å². The smallest absolute Gasteiger partial charge is 0.280 e. The van der Waals surface area contributed by atoms with Crippen LogP contribution >= 0.6 is 0 Å². The van der Waals surface area contributed by atoms with Gasteiger partial charge in [-0.05, 0) is 44.0 Å². The molecule has 2 aromatic carbocycles. The summed E-state index contributed by atoms with van der Waals surface area (Å²) in [6.07, 6.45) is 0. The second kappa shape index (κ2) is 7.76. The molecule has 0 radical (unpaired) electrons. The van der Waals surface area contributed by atoms with Crippen LogP contribution in [0.4, 0.5) is 5.69 Å². The molecule has 0 N–H and O–H groups in total. The predicted molar refractivity (Wildman–Crippen MR) is 117 cm³/mol. The fraction of sp³-hybridized carbons (Fsp3) is 0.417. The summed E-state index contributed by atoms with van der Waals surface area (Å²) in [5, 5.41) is 0. The minimum atomic E-state index is -1.53. The highest BCUT2D eigenvalue weighted by atomic mass is 16.5. The average molecular weight is 408 g/mol. The van der Waals surface area contributed by atoms with Gasteiger partial charge in [-0.25, -0.2) is 0 Å². The molecule has 0 bridgehead atoms. The summed E-state index contributed by atoms with van der Waals surface area (Å²) in [6.45, 7) is 9.22. The van der Waals surface area contributed by atoms with Crippen LogP contribution in [0.15, 0.2) is 42.5 Å². The molecule has 4 rings (SSSR count). The zero-order chi connectivity index (χ0) is 21.5. The van der Waals surface area contributed by atoms with Crippen molar-refractivity contribution in [3.63, 3.8) is 0 Å². The lowest BCUT2D eigenvalue weighted by molar-refractivity contribution is -0.157. The third-order valence-electron chi connectivity index (χ3n) is 6.10. The Morgan fingerprint density at radius 2 is 1.63 bits per heavy atom. The molecule has 0 aliphatic carbocycles. The molecule has 30 heavy (non-hydrogen) atoms. The van der Waals surface area contributed by atoms with Gasteiger partial charge in [-0.15, -0.1) is 0 Å². The van der Waals surface area contributed by atoms with E-state index in [0.29, 0.717) is 24.5 Å². The molecule has 1 unspecified atom stereocenters. The number of carbonyl (C=O) groups is 2. The number of benzene rings is 2. The van der Waals surface area contributed by atoms with Crippen molar-refractivity contribution in [2.24, 2.45) is 0 Å². The van der Waals surface area contributed by atoms with E-state index >= 15 is 0 Å². The topological polar surface area (TPSA) is 53.1 Å². The molecule has 2 amide bonds. The Morgan fingerprint density at radius 3 is 2.30 bits per heavy atom. The molecule has 2 heterocycles. The van der Waals surface area contributed by atoms with Crippen molar-refractivity contribution in [2.45, 2.75) is 32.9 Å². The summed E-state index contributed by atoms with van der Waals surface area (Å²) >= 11 is 0. The van der Waals surface area contributed by atoms with Crippen molar-refractivity contribution < 1.29 is 14.3 Å². The monoisotopic (exact) mass is 407 g/mol. The van der Waals surface area contributed by atoms with E-state index in [1.54, 1.807) is 18.9 Å². The van der Waals surface area contributed by atoms with Crippen molar-refractivity contribution in [1.29, 1.82) is 0 Å². The molecule has 0 saturated carbocycles. The summed E-state index contributed by atoms with van der Waals surface area (Å²) in [5.74, 6) is -0.0233. The minimum Gasteiger partial charge on any atom is -0.465 e. The Morgan fingerprint density at radius 1 is 1.00 bits per heavy atom. The number of rotatable bonds is 3. The number of likely N-dealkylation sites (N-methyl/N-ethyl adjacent to an activating group) is 1. The third-order valence-corrected chi connectivity index (χ3v) is 6.10. The molecule has 0 aromatic heterocycles. The van der Waals surface area contributed by atoms with Crippen LogP contribution < -0.4 is 9.64 Å². The van der Waals surface area contributed by atoms with Gasteiger partial charge < -0.3 is 14.5 Å². The van der Waals surface area contributed by atoms with E-state index in [-0.39, 0.29) is 11.8 Å². The maximum absolute atomic E-state index is 13.3. The Hall–Kier alpha value is -2.86. The normalized spacial score (nSPS) is 21.9. The lowest BCUT2D eigenvalue weighted by atomic mass is 9.98. The van der Waals surface area contributed by atoms with Crippen molar-refractivity contribution in [3.05, 3.63) is 59.2 Å². The molecular weight excluding hydrogens is 378 g/mol. The Balaban J connectivity index is 1.44. The fourth-order valence-corrected chi connectivity index (χ4v) is 4.17. The molecule has 158 valence electrons. The van der Waals surface area contributed by atoms with Crippen molar-refractivity contribution >= 4 is 17.5 Å². The lowest BCUT2D eigenvalue weighted by Crippen LogP contribution is -2.64. The van der Waals surface area contributed by atoms with E-state index in [9.17, 15) is 9.59 Å². The van der Waals surface area contributed by atoms with Gasteiger partial charge in [0, 0.05) is 39.8 Å². The SMILES string of the molecule is Cc1ccc(CN2CCN(C(=O)C3(C)Oc4ccc(C)cc4N(C)C3=O)CC2)cc1. The summed E-state index contributed by atoms with van der Waals surface area (Å²) in [6, 6.07) is 14.2. The number of amides is 2. The maximum atomic E-state index is 13.3. The average Bonchev–Trinajstić information content (AvgIpc) is 2.74. The van der Waals surface area contributed by atoms with Crippen LogP contribution in [0.1, 0.15) is 23.6 Å². The molecule has 2 aliphatic rings. The zero-order valence-electron chi connectivity index (χ0n) is 18.1. The van der Waals surface area contributed by atoms with Crippen molar-refractivity contribution in [3.8, 4) is 5.75 Å². The molecule has 6 nitrogen and oxygen atoms in total. The Bertz CT molecular complexity index is 964. The van der Waals surface area contributed by atoms with Gasteiger partial charge in [-0.1, -0.05) is 35.9 Å². The third kappa shape index (κ3) is 3.67. The number of piperazine rings is 1. The van der Waals surface area contributed by atoms with Crippen LogP contribution in [0.5, 0.6) is 5.75 Å². The van der Waals surface area contributed by atoms with Gasteiger partial charge >= 0.3 is 0 Å². The molecule has 0 spiro atoms. The standard InChI is InChI=1S/C24H29N3O3/c1-17-5-8-19(9-6-17)16-26-11-13-27(14-12-26)23(29)24(3)22(28)25(4)20-15-18(2)7-10-21(20)30-24/h5-10,15H,11-14,16H2,1-4H3. The molecule has 1 fully saturated rings. The Labute approximate surface area is 178 Å². The molecule has 2 aliphatic heterocycles. The minimum absolute atomic E-state index is 0.263. The number of anilines is 1. The first-order valence-electron chi connectivity index (χ1n) is 10.4. The molecular formula is C24H29N3O3. The second-order valence-electron chi connectivity index (χ2n) is 8.52. The summed E-state index contributed by atoms with van der Waals surface area (Å²) in [5.41, 5.74) is 2.73. The lowest BCUT2D eigenvalue weighted by Gasteiger charge is -2.42. The number of hydrogen-bond donors (Lipinski definition) is 0. The van der Waals surface area contributed by atoms with Crippen LogP contribution in [0.3, 0.4) is 0 Å². The zero-order valence-corrected chi connectivity index (χ0v) is 18.1. The summed E-state index contributed by atoms with van der Waals surface area (Å²) in [7, 11) is 1.70. The molecule has 6 heteroatoms. The predicted octanol–water partition coefficient (Wildman–Crippen LogP) is 2.76. The number of hydrogen-bond acceptors (Lipinski definition) is 4. The van der Waals surface area contributed by atoms with Gasteiger partial charge in [0.05, 0.1) is 5.69 Å². The molecule has 1 atom stereocenters. The van der Waals surface area contributed by atoms with Crippen molar-refractivity contribution in [2.75, 3.05) is 38.1 Å². The maximum Gasteiger partial charge on any atom is 0.280 e. The highest BCUT2D eigenvalue weighted by Crippen LogP contribution is 2.38. The van der Waals surface area contributed by atoms with Crippen LogP contribution in [0, 0.1) is 13.8 Å². The highest BCUT2D eigenvalue weighted by molar-refractivity contribution is 6.16. The van der Waals surface area contributed by atoms with E-state index in [1.165, 1.54) is 16.0 Å². The van der Waals surface area contributed by atoms with Crippen LogP contribution in [-0.2, 0) is 16.1 Å². The quantitative estimate of drug-likeness (QED) is 0.735. The number of fused-ring (bicyclic) bond motifs is 1. The van der Waals surface area contributed by atoms with Crippen LogP contribution in [0.2, 0.25) is 0 Å². The molecule has 2 aromatic rings. The second-order valence-corrected chi connectivity index (χ2v) is 8.52. The van der Waals surface area contributed by atoms with E-state index in [2.05, 4.69) is 36.1 Å². The Kier molecular flexibility index (Phi) is 5.28. The number of aryl methyl sites for hydroxylation is 2. The van der Waals surface area contributed by atoms with Gasteiger partial charge in [0.2, 0.25) is 0 Å². The fourth-order valence-electron chi connectivity index (χ4n) is 4.17. The number of nitrogens with zero attached hydrogens (tertiary/aromatic N) is 3. The summed E-state index contributed by atoms with van der Waals surface area (Å²) in [4.78, 5) is 32.1. The van der Waals surface area contributed by atoms with E-state index in [1.807, 2.05) is 25.1 Å². The van der Waals surface area contributed by atoms with Crippen molar-refractivity contribution in [1.82, 2.24) is 9.80 Å².